The molecule has 6 heteroatoms. The van der Waals surface area contributed by atoms with Gasteiger partial charge in [0.25, 0.3) is 10.0 Å². The molecule has 0 fully saturated rings. The molecule has 0 aliphatic rings. The molecule has 0 aliphatic heterocycles. The largest absolute Gasteiger partial charge is 0.338 e. The molecule has 4 nitrogen and oxygen atoms in total. The van der Waals surface area contributed by atoms with Crippen molar-refractivity contribution in [1.82, 2.24) is 0 Å². The maximum absolute atomic E-state index is 12.9. The van der Waals surface area contributed by atoms with Crippen molar-refractivity contribution in [3.8, 4) is 0 Å². The van der Waals surface area contributed by atoms with Gasteiger partial charge in [0.2, 0.25) is 0 Å². The average Bonchev–Trinajstić information content (AvgIpc) is 2.81. The van der Waals surface area contributed by atoms with Gasteiger partial charge in [-0.1, -0.05) is 90.6 Å². The van der Waals surface area contributed by atoms with Crippen molar-refractivity contribution in [3.05, 3.63) is 121 Å². The van der Waals surface area contributed by atoms with Gasteiger partial charge in [0.1, 0.15) is 0 Å². The first-order valence-electron chi connectivity index (χ1n) is 9.66. The fourth-order valence-electron chi connectivity index (χ4n) is 2.91. The monoisotopic (exact) mass is 444 g/mol. The van der Waals surface area contributed by atoms with Crippen LogP contribution in [0.25, 0.3) is 0 Å². The molecule has 0 aromatic heterocycles. The predicted molar refractivity (Wildman–Crippen MR) is 127 cm³/mol. The number of nitrogens with zero attached hydrogens (tertiary/aromatic N) is 1. The van der Waals surface area contributed by atoms with Crippen molar-refractivity contribution in [2.24, 2.45) is 4.40 Å². The van der Waals surface area contributed by atoms with Crippen LogP contribution in [0.2, 0.25) is 0 Å². The van der Waals surface area contributed by atoms with E-state index in [1.54, 1.807) is 42.1 Å². The first-order valence-corrected chi connectivity index (χ1v) is 11.9. The van der Waals surface area contributed by atoms with E-state index in [1.807, 2.05) is 84.9 Å². The van der Waals surface area contributed by atoms with Gasteiger partial charge in [-0.3, -0.25) is 0 Å². The highest BCUT2D eigenvalue weighted by molar-refractivity contribution is 7.99. The standard InChI is InChI=1S/C25H20N2O2S2/c28-31(29,22-16-8-3-9-17-22)27-25(20-12-4-1-5-13-20)26-23-18-10-11-19-24(23)30-21-14-6-2-7-15-21/h1-19H,(H,26,27). The number of amidine groups is 1. The Labute approximate surface area is 186 Å². The third-order valence-electron chi connectivity index (χ3n) is 4.41. The third kappa shape index (κ3) is 5.42. The van der Waals surface area contributed by atoms with Gasteiger partial charge in [-0.05, 0) is 36.4 Å². The number of hydrogen-bond donors (Lipinski definition) is 1. The topological polar surface area (TPSA) is 58.5 Å². The molecule has 0 heterocycles. The SMILES string of the molecule is O=S(=O)(/N=C(\Nc1ccccc1Sc1ccccc1)c1ccccc1)c1ccccc1. The van der Waals surface area contributed by atoms with E-state index in [4.69, 9.17) is 0 Å². The zero-order chi connectivity index (χ0) is 21.5. The normalized spacial score (nSPS) is 11.8. The second-order valence-electron chi connectivity index (χ2n) is 6.63. The van der Waals surface area contributed by atoms with Crippen LogP contribution in [0.3, 0.4) is 0 Å². The molecule has 0 amide bonds. The lowest BCUT2D eigenvalue weighted by molar-refractivity contribution is 0.598. The van der Waals surface area contributed by atoms with Crippen LogP contribution in [0.5, 0.6) is 0 Å². The Morgan fingerprint density at radius 2 is 1.23 bits per heavy atom. The lowest BCUT2D eigenvalue weighted by Crippen LogP contribution is -2.16. The molecule has 1 N–H and O–H groups in total. The van der Waals surface area contributed by atoms with Gasteiger partial charge >= 0.3 is 0 Å². The van der Waals surface area contributed by atoms with Crippen LogP contribution in [0.1, 0.15) is 5.56 Å². The number of rotatable bonds is 6. The average molecular weight is 445 g/mol. The van der Waals surface area contributed by atoms with Crippen molar-refractivity contribution in [3.63, 3.8) is 0 Å². The van der Waals surface area contributed by atoms with E-state index in [-0.39, 0.29) is 10.7 Å². The van der Waals surface area contributed by atoms with Crippen LogP contribution in [-0.4, -0.2) is 14.3 Å². The van der Waals surface area contributed by atoms with Crippen LogP contribution < -0.4 is 5.32 Å². The lowest BCUT2D eigenvalue weighted by Gasteiger charge is -2.14. The summed E-state index contributed by atoms with van der Waals surface area (Å²) >= 11 is 1.60. The molecule has 4 aromatic carbocycles. The van der Waals surface area contributed by atoms with Crippen molar-refractivity contribution in [2.45, 2.75) is 14.7 Å². The summed E-state index contributed by atoms with van der Waals surface area (Å²) in [6.07, 6.45) is 0. The summed E-state index contributed by atoms with van der Waals surface area (Å²) < 4.78 is 30.1. The molecule has 0 spiro atoms. The summed E-state index contributed by atoms with van der Waals surface area (Å²) in [5.41, 5.74) is 1.46. The minimum atomic E-state index is -3.88. The number of hydrogen-bond acceptors (Lipinski definition) is 3. The van der Waals surface area contributed by atoms with Gasteiger partial charge in [-0.2, -0.15) is 8.42 Å². The fraction of sp³-hybridized carbons (Fsp3) is 0. The van der Waals surface area contributed by atoms with Crippen molar-refractivity contribution in [1.29, 1.82) is 0 Å². The number of sulfonamides is 1. The number of anilines is 1. The summed E-state index contributed by atoms with van der Waals surface area (Å²) in [5, 5.41) is 3.26. The molecule has 0 unspecified atom stereocenters. The van der Waals surface area contributed by atoms with Gasteiger partial charge in [-0.25, -0.2) is 0 Å². The Morgan fingerprint density at radius 1 is 0.677 bits per heavy atom. The third-order valence-corrected chi connectivity index (χ3v) is 6.79. The van der Waals surface area contributed by atoms with Gasteiger partial charge in [-0.15, -0.1) is 4.40 Å². The predicted octanol–water partition coefficient (Wildman–Crippen LogP) is 6.09. The van der Waals surface area contributed by atoms with Gasteiger partial charge in [0, 0.05) is 15.4 Å². The Hall–Kier alpha value is -3.35. The van der Waals surface area contributed by atoms with Crippen LogP contribution in [0.4, 0.5) is 5.69 Å². The molecule has 4 rings (SSSR count). The Balaban J connectivity index is 1.74. The zero-order valence-electron chi connectivity index (χ0n) is 16.5. The molecule has 31 heavy (non-hydrogen) atoms. The van der Waals surface area contributed by atoms with E-state index in [0.29, 0.717) is 5.56 Å². The molecule has 0 aliphatic carbocycles. The summed E-state index contributed by atoms with van der Waals surface area (Å²) in [5.74, 6) is 0.269. The molecule has 4 aromatic rings. The highest BCUT2D eigenvalue weighted by Gasteiger charge is 2.16. The smallest absolute Gasteiger partial charge is 0.284 e. The molecule has 0 saturated heterocycles. The molecule has 0 saturated carbocycles. The van der Waals surface area contributed by atoms with Gasteiger partial charge in [0.05, 0.1) is 10.6 Å². The van der Waals surface area contributed by atoms with E-state index in [2.05, 4.69) is 9.71 Å². The second-order valence-corrected chi connectivity index (χ2v) is 9.35. The maximum Gasteiger partial charge on any atom is 0.284 e. The van der Waals surface area contributed by atoms with E-state index < -0.39 is 10.0 Å². The van der Waals surface area contributed by atoms with Crippen LogP contribution in [-0.2, 0) is 10.0 Å². The first kappa shape index (κ1) is 20.9. The molecule has 0 radical (unpaired) electrons. The highest BCUT2D eigenvalue weighted by atomic mass is 32.2. The highest BCUT2D eigenvalue weighted by Crippen LogP contribution is 2.33. The minimum absolute atomic E-state index is 0.150. The zero-order valence-corrected chi connectivity index (χ0v) is 18.2. The van der Waals surface area contributed by atoms with E-state index >= 15 is 0 Å². The van der Waals surface area contributed by atoms with Crippen molar-refractivity contribution >= 4 is 33.3 Å². The van der Waals surface area contributed by atoms with Gasteiger partial charge in [0.15, 0.2) is 5.84 Å². The quantitative estimate of drug-likeness (QED) is 0.289. The Morgan fingerprint density at radius 3 is 1.90 bits per heavy atom. The molecule has 0 bridgehead atoms. The van der Waals surface area contributed by atoms with Crippen LogP contribution in [0, 0.1) is 0 Å². The summed E-state index contributed by atoms with van der Waals surface area (Å²) in [6.45, 7) is 0. The van der Waals surface area contributed by atoms with E-state index in [9.17, 15) is 8.42 Å². The van der Waals surface area contributed by atoms with Gasteiger partial charge < -0.3 is 5.32 Å². The van der Waals surface area contributed by atoms with Crippen molar-refractivity contribution < 1.29 is 8.42 Å². The number of nitrogens with one attached hydrogen (secondary N) is 1. The molecular formula is C25H20N2O2S2. The summed E-state index contributed by atoms with van der Waals surface area (Å²) in [4.78, 5) is 2.21. The minimum Gasteiger partial charge on any atom is -0.338 e. The molecule has 0 atom stereocenters. The van der Waals surface area contributed by atoms with Crippen LogP contribution >= 0.6 is 11.8 Å². The summed E-state index contributed by atoms with van der Waals surface area (Å²) in [7, 11) is -3.88. The van der Waals surface area contributed by atoms with Crippen LogP contribution in [0.15, 0.2) is 134 Å². The van der Waals surface area contributed by atoms with Crippen molar-refractivity contribution in [2.75, 3.05) is 5.32 Å². The van der Waals surface area contributed by atoms with E-state index in [0.717, 1.165) is 15.5 Å². The Bertz CT molecular complexity index is 1270. The molecule has 154 valence electrons. The number of benzene rings is 4. The second kappa shape index (κ2) is 9.64. The fourth-order valence-corrected chi connectivity index (χ4v) is 4.83. The number of para-hydroxylation sites is 1. The summed E-state index contributed by atoms with van der Waals surface area (Å²) in [6, 6.07) is 35.3. The van der Waals surface area contributed by atoms with E-state index in [1.165, 1.54) is 0 Å². The maximum atomic E-state index is 12.9. The first-order chi connectivity index (χ1) is 15.1. The molecular weight excluding hydrogens is 424 g/mol. The lowest BCUT2D eigenvalue weighted by atomic mass is 10.2. The Kier molecular flexibility index (Phi) is 6.50.